The van der Waals surface area contributed by atoms with Gasteiger partial charge in [-0.05, 0) is 31.4 Å². The topological polar surface area (TPSA) is 65.1 Å². The second kappa shape index (κ2) is 4.96. The molecule has 1 unspecified atom stereocenters. The Kier molecular flexibility index (Phi) is 3.54. The third kappa shape index (κ3) is 2.63. The highest BCUT2D eigenvalue weighted by Crippen LogP contribution is 2.24. The summed E-state index contributed by atoms with van der Waals surface area (Å²) in [5.41, 5.74) is 0.397. The van der Waals surface area contributed by atoms with Gasteiger partial charge in [0.25, 0.3) is 5.91 Å². The molecule has 1 atom stereocenters. The molecule has 0 radical (unpaired) electrons. The molecule has 0 bridgehead atoms. The van der Waals surface area contributed by atoms with Crippen LogP contribution in [0.4, 0.5) is 0 Å². The predicted molar refractivity (Wildman–Crippen MR) is 71.8 cm³/mol. The molecule has 0 fully saturated rings. The Bertz CT molecular complexity index is 529. The van der Waals surface area contributed by atoms with Gasteiger partial charge in [0, 0.05) is 16.8 Å². The van der Waals surface area contributed by atoms with Gasteiger partial charge in [-0.25, -0.2) is 0 Å². The zero-order valence-corrected chi connectivity index (χ0v) is 11.2. The fourth-order valence-corrected chi connectivity index (χ4v) is 2.51. The number of hydrogen-bond acceptors (Lipinski definition) is 3. The van der Waals surface area contributed by atoms with E-state index in [2.05, 4.69) is 10.3 Å². The van der Waals surface area contributed by atoms with Crippen LogP contribution in [0.25, 0.3) is 0 Å². The minimum absolute atomic E-state index is 0.175. The fourth-order valence-electron chi connectivity index (χ4n) is 1.72. The molecule has 4 nitrogen and oxygen atoms in total. The molecule has 96 valence electrons. The van der Waals surface area contributed by atoms with Crippen LogP contribution in [0.15, 0.2) is 29.8 Å². The summed E-state index contributed by atoms with van der Waals surface area (Å²) in [5, 5.41) is 14.9. The van der Waals surface area contributed by atoms with Gasteiger partial charge >= 0.3 is 0 Å². The van der Waals surface area contributed by atoms with Gasteiger partial charge in [0.1, 0.15) is 5.60 Å². The molecule has 0 aliphatic rings. The van der Waals surface area contributed by atoms with Gasteiger partial charge in [-0.1, -0.05) is 6.07 Å². The number of rotatable bonds is 4. The summed E-state index contributed by atoms with van der Waals surface area (Å²) in [4.78, 5) is 15.7. The maximum atomic E-state index is 11.9. The SMILES string of the molecule is Cc1[nH]ccc1C(=O)NCC(C)(O)c1cccs1. The van der Waals surface area contributed by atoms with Crippen molar-refractivity contribution in [2.45, 2.75) is 19.4 Å². The normalized spacial score (nSPS) is 14.2. The first-order valence-corrected chi connectivity index (χ1v) is 6.57. The number of carbonyl (C=O) groups excluding carboxylic acids is 1. The fraction of sp³-hybridized carbons (Fsp3) is 0.308. The van der Waals surface area contributed by atoms with Crippen LogP contribution in [0.2, 0.25) is 0 Å². The summed E-state index contributed by atoms with van der Waals surface area (Å²) >= 11 is 1.47. The zero-order valence-electron chi connectivity index (χ0n) is 10.4. The smallest absolute Gasteiger partial charge is 0.253 e. The van der Waals surface area contributed by atoms with Crippen molar-refractivity contribution in [3.8, 4) is 0 Å². The molecule has 0 aliphatic carbocycles. The van der Waals surface area contributed by atoms with Crippen LogP contribution in [0, 0.1) is 6.92 Å². The van der Waals surface area contributed by atoms with Crippen LogP contribution in [0.1, 0.15) is 27.9 Å². The maximum Gasteiger partial charge on any atom is 0.253 e. The van der Waals surface area contributed by atoms with Crippen LogP contribution in [0.5, 0.6) is 0 Å². The van der Waals surface area contributed by atoms with Crippen molar-refractivity contribution in [3.05, 3.63) is 45.9 Å². The van der Waals surface area contributed by atoms with Crippen LogP contribution in [-0.2, 0) is 5.60 Å². The minimum Gasteiger partial charge on any atom is -0.383 e. The molecule has 0 saturated heterocycles. The highest BCUT2D eigenvalue weighted by atomic mass is 32.1. The number of carbonyl (C=O) groups is 1. The monoisotopic (exact) mass is 264 g/mol. The predicted octanol–water partition coefficient (Wildman–Crippen LogP) is 2.02. The standard InChI is InChI=1S/C13H16N2O2S/c1-9-10(5-6-14-9)12(16)15-8-13(2,17)11-4-3-7-18-11/h3-7,14,17H,8H2,1-2H3,(H,15,16). The number of hydrogen-bond donors (Lipinski definition) is 3. The van der Waals surface area contributed by atoms with Crippen molar-refractivity contribution in [2.75, 3.05) is 6.54 Å². The van der Waals surface area contributed by atoms with Gasteiger partial charge in [0.2, 0.25) is 0 Å². The van der Waals surface area contributed by atoms with Crippen LogP contribution in [-0.4, -0.2) is 22.5 Å². The summed E-state index contributed by atoms with van der Waals surface area (Å²) in [6, 6.07) is 5.47. The van der Waals surface area contributed by atoms with Gasteiger partial charge in [-0.2, -0.15) is 0 Å². The average Bonchev–Trinajstić information content (AvgIpc) is 2.96. The number of aromatic amines is 1. The van der Waals surface area contributed by atoms with E-state index in [4.69, 9.17) is 0 Å². The first-order chi connectivity index (χ1) is 8.50. The van der Waals surface area contributed by atoms with Crippen LogP contribution in [0.3, 0.4) is 0 Å². The lowest BCUT2D eigenvalue weighted by Gasteiger charge is -2.22. The lowest BCUT2D eigenvalue weighted by Crippen LogP contribution is -2.38. The second-order valence-electron chi connectivity index (χ2n) is 4.45. The van der Waals surface area contributed by atoms with Gasteiger partial charge in [0.05, 0.1) is 12.1 Å². The highest BCUT2D eigenvalue weighted by Gasteiger charge is 2.25. The maximum absolute atomic E-state index is 11.9. The van der Waals surface area contributed by atoms with Gasteiger partial charge in [0.15, 0.2) is 0 Å². The minimum atomic E-state index is -1.03. The number of aryl methyl sites for hydroxylation is 1. The first kappa shape index (κ1) is 12.9. The van der Waals surface area contributed by atoms with E-state index in [0.29, 0.717) is 5.56 Å². The van der Waals surface area contributed by atoms with E-state index >= 15 is 0 Å². The molecule has 3 N–H and O–H groups in total. The molecule has 1 amide bonds. The van der Waals surface area contributed by atoms with Crippen LogP contribution >= 0.6 is 11.3 Å². The average molecular weight is 264 g/mol. The molecule has 2 aromatic heterocycles. The van der Waals surface area contributed by atoms with E-state index in [1.54, 1.807) is 19.2 Å². The highest BCUT2D eigenvalue weighted by molar-refractivity contribution is 7.10. The van der Waals surface area contributed by atoms with E-state index in [0.717, 1.165) is 10.6 Å². The Balaban J connectivity index is 2.00. The lowest BCUT2D eigenvalue weighted by atomic mass is 10.1. The second-order valence-corrected chi connectivity index (χ2v) is 5.40. The molecule has 2 aromatic rings. The van der Waals surface area contributed by atoms with Crippen LogP contribution < -0.4 is 5.32 Å². The summed E-state index contributed by atoms with van der Waals surface area (Å²) in [7, 11) is 0. The van der Waals surface area contributed by atoms with Crippen molar-refractivity contribution < 1.29 is 9.90 Å². The number of nitrogens with one attached hydrogen (secondary N) is 2. The summed E-state index contributed by atoms with van der Waals surface area (Å²) in [5.74, 6) is -0.175. The molecule has 0 aliphatic heterocycles. The Morgan fingerprint density at radius 2 is 2.33 bits per heavy atom. The van der Waals surface area contributed by atoms with Gasteiger partial charge < -0.3 is 15.4 Å². The van der Waals surface area contributed by atoms with Crippen molar-refractivity contribution in [2.24, 2.45) is 0 Å². The van der Waals surface area contributed by atoms with Gasteiger partial charge in [-0.3, -0.25) is 4.79 Å². The molecule has 2 heterocycles. The Morgan fingerprint density at radius 3 is 2.89 bits per heavy atom. The molecular weight excluding hydrogens is 248 g/mol. The van der Waals surface area contributed by atoms with E-state index < -0.39 is 5.60 Å². The third-order valence-electron chi connectivity index (χ3n) is 2.84. The number of amides is 1. The number of aromatic nitrogens is 1. The number of thiophene rings is 1. The number of aliphatic hydroxyl groups is 1. The molecule has 5 heteroatoms. The van der Waals surface area contributed by atoms with Gasteiger partial charge in [-0.15, -0.1) is 11.3 Å². The third-order valence-corrected chi connectivity index (χ3v) is 3.97. The van der Waals surface area contributed by atoms with Crippen molar-refractivity contribution >= 4 is 17.2 Å². The largest absolute Gasteiger partial charge is 0.383 e. The zero-order chi connectivity index (χ0) is 13.2. The summed E-state index contributed by atoms with van der Waals surface area (Å²) in [6.07, 6.45) is 1.72. The molecule has 18 heavy (non-hydrogen) atoms. The Hall–Kier alpha value is -1.59. The molecular formula is C13H16N2O2S. The summed E-state index contributed by atoms with van der Waals surface area (Å²) < 4.78 is 0. The van der Waals surface area contributed by atoms with E-state index in [9.17, 15) is 9.90 Å². The molecule has 0 spiro atoms. The van der Waals surface area contributed by atoms with Crippen molar-refractivity contribution in [1.82, 2.24) is 10.3 Å². The number of H-pyrrole nitrogens is 1. The van der Waals surface area contributed by atoms with Crippen molar-refractivity contribution in [3.63, 3.8) is 0 Å². The quantitative estimate of drug-likeness (QED) is 0.791. The van der Waals surface area contributed by atoms with E-state index in [1.165, 1.54) is 11.3 Å². The summed E-state index contributed by atoms with van der Waals surface area (Å²) in [6.45, 7) is 3.73. The van der Waals surface area contributed by atoms with E-state index in [1.807, 2.05) is 24.4 Å². The first-order valence-electron chi connectivity index (χ1n) is 5.69. The van der Waals surface area contributed by atoms with E-state index in [-0.39, 0.29) is 12.5 Å². The Morgan fingerprint density at radius 1 is 1.56 bits per heavy atom. The molecule has 0 aromatic carbocycles. The molecule has 2 rings (SSSR count). The van der Waals surface area contributed by atoms with Crippen molar-refractivity contribution in [1.29, 1.82) is 0 Å². The molecule has 0 saturated carbocycles. The Labute approximate surface area is 110 Å². The lowest BCUT2D eigenvalue weighted by molar-refractivity contribution is 0.0556.